The summed E-state index contributed by atoms with van der Waals surface area (Å²) in [6.45, 7) is 2.15. The first-order valence-electron chi connectivity index (χ1n) is 5.88. The van der Waals surface area contributed by atoms with Gasteiger partial charge < -0.3 is 0 Å². The first-order valence-corrected chi connectivity index (χ1v) is 5.88. The number of aromatic nitrogens is 2. The smallest absolute Gasteiger partial charge is 0.115 e. The molecule has 3 rings (SSSR count). The summed E-state index contributed by atoms with van der Waals surface area (Å²) in [6.07, 6.45) is 9.73. The van der Waals surface area contributed by atoms with Crippen molar-refractivity contribution in [3.05, 3.63) is 59.2 Å². The van der Waals surface area contributed by atoms with Gasteiger partial charge in [0.25, 0.3) is 0 Å². The molecule has 2 aromatic rings. The molecule has 84 valence electrons. The zero-order chi connectivity index (χ0) is 11.7. The molecule has 0 unspecified atom stereocenters. The highest BCUT2D eigenvalue weighted by Gasteiger charge is 2.15. The van der Waals surface area contributed by atoms with Gasteiger partial charge >= 0.3 is 0 Å². The molecule has 1 aliphatic rings. The Kier molecular flexibility index (Phi) is 2.48. The van der Waals surface area contributed by atoms with E-state index in [9.17, 15) is 0 Å². The first kappa shape index (κ1) is 10.2. The molecule has 0 spiro atoms. The van der Waals surface area contributed by atoms with E-state index < -0.39 is 0 Å². The number of hydrogen-bond donors (Lipinski definition) is 0. The van der Waals surface area contributed by atoms with Crippen molar-refractivity contribution in [3.8, 4) is 0 Å². The average molecular weight is 222 g/mol. The number of allylic oxidation sites excluding steroid dienone is 1. The Hall–Kier alpha value is -1.96. The number of rotatable bonds is 1. The molecular formula is C15H14N2. The van der Waals surface area contributed by atoms with E-state index in [1.807, 2.05) is 12.4 Å². The second kappa shape index (κ2) is 4.13. The van der Waals surface area contributed by atoms with E-state index in [-0.39, 0.29) is 0 Å². The lowest BCUT2D eigenvalue weighted by molar-refractivity contribution is 1.08. The van der Waals surface area contributed by atoms with Crippen LogP contribution >= 0.6 is 0 Å². The molecule has 0 bridgehead atoms. The molecule has 0 saturated carbocycles. The van der Waals surface area contributed by atoms with Crippen molar-refractivity contribution < 1.29 is 0 Å². The van der Waals surface area contributed by atoms with Crippen molar-refractivity contribution >= 4 is 11.6 Å². The lowest BCUT2D eigenvalue weighted by Gasteiger charge is -2.02. The first-order chi connectivity index (χ1) is 8.33. The second-order valence-electron chi connectivity index (χ2n) is 4.50. The van der Waals surface area contributed by atoms with E-state index in [1.165, 1.54) is 22.3 Å². The predicted octanol–water partition coefficient (Wildman–Crippen LogP) is 3.27. The lowest BCUT2D eigenvalue weighted by atomic mass is 10.0. The molecule has 2 heteroatoms. The fourth-order valence-electron chi connectivity index (χ4n) is 2.38. The Morgan fingerprint density at radius 1 is 1.12 bits per heavy atom. The molecule has 0 saturated heterocycles. The van der Waals surface area contributed by atoms with Crippen LogP contribution in [0.3, 0.4) is 0 Å². The van der Waals surface area contributed by atoms with E-state index in [2.05, 4.69) is 41.2 Å². The molecule has 1 aromatic heterocycles. The van der Waals surface area contributed by atoms with E-state index in [0.29, 0.717) is 0 Å². The number of fused-ring (bicyclic) bond motifs is 1. The average Bonchev–Trinajstić information content (AvgIpc) is 2.73. The summed E-state index contributed by atoms with van der Waals surface area (Å²) in [7, 11) is 0. The molecule has 0 atom stereocenters. The van der Waals surface area contributed by atoms with Gasteiger partial charge in [0, 0.05) is 18.0 Å². The van der Waals surface area contributed by atoms with Gasteiger partial charge in [0.15, 0.2) is 0 Å². The SMILES string of the molecule is Cc1ccc2c(c1)CCC2=Cc1cncnc1. The zero-order valence-electron chi connectivity index (χ0n) is 9.85. The van der Waals surface area contributed by atoms with Crippen molar-refractivity contribution in [1.82, 2.24) is 9.97 Å². The van der Waals surface area contributed by atoms with Crippen LogP contribution in [-0.4, -0.2) is 9.97 Å². The maximum atomic E-state index is 4.04. The minimum absolute atomic E-state index is 1.08. The van der Waals surface area contributed by atoms with Crippen molar-refractivity contribution in [3.63, 3.8) is 0 Å². The van der Waals surface area contributed by atoms with Crippen molar-refractivity contribution in [2.45, 2.75) is 19.8 Å². The van der Waals surface area contributed by atoms with Crippen LogP contribution in [0.5, 0.6) is 0 Å². The topological polar surface area (TPSA) is 25.8 Å². The second-order valence-corrected chi connectivity index (χ2v) is 4.50. The quantitative estimate of drug-likeness (QED) is 0.740. The van der Waals surface area contributed by atoms with Crippen LogP contribution in [0.4, 0.5) is 0 Å². The molecule has 0 aliphatic heterocycles. The van der Waals surface area contributed by atoms with Crippen LogP contribution in [0.25, 0.3) is 11.6 Å². The standard InChI is InChI=1S/C15H14N2/c1-11-2-5-15-13(6-11)3-4-14(15)7-12-8-16-10-17-9-12/h2,5-10H,3-4H2,1H3. The molecule has 0 fully saturated rings. The van der Waals surface area contributed by atoms with Gasteiger partial charge in [-0.3, -0.25) is 0 Å². The van der Waals surface area contributed by atoms with Gasteiger partial charge in [-0.25, -0.2) is 9.97 Å². The number of nitrogens with zero attached hydrogens (tertiary/aromatic N) is 2. The van der Waals surface area contributed by atoms with Gasteiger partial charge in [-0.2, -0.15) is 0 Å². The van der Waals surface area contributed by atoms with Gasteiger partial charge in [-0.1, -0.05) is 23.8 Å². The molecule has 17 heavy (non-hydrogen) atoms. The monoisotopic (exact) mass is 222 g/mol. The fraction of sp³-hybridized carbons (Fsp3) is 0.200. The van der Waals surface area contributed by atoms with Crippen LogP contribution in [-0.2, 0) is 6.42 Å². The maximum Gasteiger partial charge on any atom is 0.115 e. The van der Waals surface area contributed by atoms with Crippen molar-refractivity contribution in [2.24, 2.45) is 0 Å². The highest BCUT2D eigenvalue weighted by Crippen LogP contribution is 2.33. The molecule has 1 aromatic carbocycles. The largest absolute Gasteiger partial charge is 0.244 e. The molecular weight excluding hydrogens is 208 g/mol. The molecule has 1 aliphatic carbocycles. The van der Waals surface area contributed by atoms with Crippen LogP contribution in [0, 0.1) is 6.92 Å². The predicted molar refractivity (Wildman–Crippen MR) is 69.4 cm³/mol. The summed E-state index contributed by atoms with van der Waals surface area (Å²) in [5.74, 6) is 0. The van der Waals surface area contributed by atoms with E-state index in [0.717, 1.165) is 18.4 Å². The van der Waals surface area contributed by atoms with Crippen LogP contribution in [0.1, 0.15) is 28.7 Å². The Morgan fingerprint density at radius 2 is 1.94 bits per heavy atom. The van der Waals surface area contributed by atoms with Crippen molar-refractivity contribution in [1.29, 1.82) is 0 Å². The van der Waals surface area contributed by atoms with E-state index >= 15 is 0 Å². The Balaban J connectivity index is 2.02. The Bertz CT molecular complexity index is 571. The minimum atomic E-state index is 1.08. The van der Waals surface area contributed by atoms with E-state index in [4.69, 9.17) is 0 Å². The summed E-state index contributed by atoms with van der Waals surface area (Å²) in [5, 5.41) is 0. The van der Waals surface area contributed by atoms with Gasteiger partial charge in [-0.05, 0) is 42.5 Å². The van der Waals surface area contributed by atoms with Crippen molar-refractivity contribution in [2.75, 3.05) is 0 Å². The number of aryl methyl sites for hydroxylation is 2. The highest BCUT2D eigenvalue weighted by atomic mass is 14.8. The Morgan fingerprint density at radius 3 is 2.76 bits per heavy atom. The van der Waals surface area contributed by atoms with Crippen LogP contribution < -0.4 is 0 Å². The zero-order valence-corrected chi connectivity index (χ0v) is 9.85. The number of hydrogen-bond acceptors (Lipinski definition) is 2. The fourth-order valence-corrected chi connectivity index (χ4v) is 2.38. The summed E-state index contributed by atoms with van der Waals surface area (Å²) < 4.78 is 0. The molecule has 0 N–H and O–H groups in total. The molecule has 0 radical (unpaired) electrons. The maximum absolute atomic E-state index is 4.04. The summed E-state index contributed by atoms with van der Waals surface area (Å²) in [5.41, 5.74) is 6.67. The van der Waals surface area contributed by atoms with Crippen LogP contribution in [0.15, 0.2) is 36.9 Å². The summed E-state index contributed by atoms with van der Waals surface area (Å²) in [6, 6.07) is 6.70. The molecule has 1 heterocycles. The molecule has 2 nitrogen and oxygen atoms in total. The third-order valence-electron chi connectivity index (χ3n) is 3.19. The Labute approximate surface area is 101 Å². The van der Waals surface area contributed by atoms with Crippen LogP contribution in [0.2, 0.25) is 0 Å². The normalized spacial score (nSPS) is 16.2. The highest BCUT2D eigenvalue weighted by molar-refractivity contribution is 5.85. The summed E-state index contributed by atoms with van der Waals surface area (Å²) >= 11 is 0. The van der Waals surface area contributed by atoms with Gasteiger partial charge in [0.05, 0.1) is 0 Å². The third-order valence-corrected chi connectivity index (χ3v) is 3.19. The third kappa shape index (κ3) is 1.98. The summed E-state index contributed by atoms with van der Waals surface area (Å²) in [4.78, 5) is 8.08. The van der Waals surface area contributed by atoms with Gasteiger partial charge in [0.1, 0.15) is 6.33 Å². The van der Waals surface area contributed by atoms with Gasteiger partial charge in [0.2, 0.25) is 0 Å². The van der Waals surface area contributed by atoms with Gasteiger partial charge in [-0.15, -0.1) is 0 Å². The minimum Gasteiger partial charge on any atom is -0.244 e. The lowest BCUT2D eigenvalue weighted by Crippen LogP contribution is -1.83. The number of benzene rings is 1. The molecule has 0 amide bonds. The van der Waals surface area contributed by atoms with E-state index in [1.54, 1.807) is 6.33 Å².